The molecule has 2 aromatic rings. The highest BCUT2D eigenvalue weighted by Gasteiger charge is 2.17. The summed E-state index contributed by atoms with van der Waals surface area (Å²) in [6.07, 6.45) is 2.11. The molecular formula is C20H25N3O2S. The van der Waals surface area contributed by atoms with Crippen molar-refractivity contribution in [2.75, 3.05) is 11.9 Å². The molecule has 0 aliphatic rings. The van der Waals surface area contributed by atoms with Gasteiger partial charge in [0.15, 0.2) is 0 Å². The lowest BCUT2D eigenvalue weighted by Crippen LogP contribution is -2.27. The molecule has 0 aliphatic heterocycles. The summed E-state index contributed by atoms with van der Waals surface area (Å²) in [5, 5.41) is 8.78. The molecule has 2 rings (SSSR count). The molecular weight excluding hydrogens is 346 g/mol. The lowest BCUT2D eigenvalue weighted by Gasteiger charge is -2.13. The second-order valence-electron chi connectivity index (χ2n) is 7.02. The minimum absolute atomic E-state index is 0.0474. The number of thiazole rings is 1. The first-order chi connectivity index (χ1) is 12.3. The maximum atomic E-state index is 12.2. The van der Waals surface area contributed by atoms with Gasteiger partial charge in [-0.25, -0.2) is 4.98 Å². The van der Waals surface area contributed by atoms with E-state index >= 15 is 0 Å². The van der Waals surface area contributed by atoms with E-state index in [0.29, 0.717) is 18.7 Å². The molecule has 2 amide bonds. The SMILES string of the molecule is C=CC(=O)Nc1ccccc1CC(=O)NCCc1csc(C(C)(C)C)n1. The van der Waals surface area contributed by atoms with Crippen LogP contribution in [0.2, 0.25) is 0 Å². The third kappa shape index (κ3) is 5.81. The molecule has 1 aromatic carbocycles. The number of nitrogens with one attached hydrogen (secondary N) is 2. The smallest absolute Gasteiger partial charge is 0.247 e. The van der Waals surface area contributed by atoms with Crippen LogP contribution in [-0.4, -0.2) is 23.3 Å². The van der Waals surface area contributed by atoms with Gasteiger partial charge in [-0.05, 0) is 17.7 Å². The lowest BCUT2D eigenvalue weighted by molar-refractivity contribution is -0.120. The Morgan fingerprint density at radius 1 is 1.27 bits per heavy atom. The van der Waals surface area contributed by atoms with Gasteiger partial charge in [-0.3, -0.25) is 9.59 Å². The summed E-state index contributed by atoms with van der Waals surface area (Å²) in [7, 11) is 0. The van der Waals surface area contributed by atoms with E-state index in [1.54, 1.807) is 17.4 Å². The number of aromatic nitrogens is 1. The van der Waals surface area contributed by atoms with Gasteiger partial charge >= 0.3 is 0 Å². The molecule has 0 aliphatic carbocycles. The number of nitrogens with zero attached hydrogens (tertiary/aromatic N) is 1. The van der Waals surface area contributed by atoms with Crippen LogP contribution in [-0.2, 0) is 27.8 Å². The van der Waals surface area contributed by atoms with E-state index in [9.17, 15) is 9.59 Å². The summed E-state index contributed by atoms with van der Waals surface area (Å²) in [4.78, 5) is 28.3. The summed E-state index contributed by atoms with van der Waals surface area (Å²) < 4.78 is 0. The van der Waals surface area contributed by atoms with Crippen LogP contribution < -0.4 is 10.6 Å². The van der Waals surface area contributed by atoms with Crippen molar-refractivity contribution >= 4 is 28.8 Å². The number of hydrogen-bond acceptors (Lipinski definition) is 4. The van der Waals surface area contributed by atoms with Crippen LogP contribution in [0.15, 0.2) is 42.3 Å². The normalized spacial score (nSPS) is 11.0. The third-order valence-corrected chi connectivity index (χ3v) is 5.03. The van der Waals surface area contributed by atoms with Gasteiger partial charge in [0.2, 0.25) is 11.8 Å². The fourth-order valence-electron chi connectivity index (χ4n) is 2.31. The number of hydrogen-bond donors (Lipinski definition) is 2. The van der Waals surface area contributed by atoms with Crippen molar-refractivity contribution in [2.45, 2.75) is 39.0 Å². The Morgan fingerprint density at radius 2 is 2.00 bits per heavy atom. The molecule has 0 atom stereocenters. The molecule has 0 saturated heterocycles. The summed E-state index contributed by atoms with van der Waals surface area (Å²) in [6, 6.07) is 7.26. The average molecular weight is 372 g/mol. The molecule has 6 heteroatoms. The number of carbonyl (C=O) groups excluding carboxylic acids is 2. The average Bonchev–Trinajstić information content (AvgIpc) is 3.06. The second kappa shape index (κ2) is 8.76. The summed E-state index contributed by atoms with van der Waals surface area (Å²) in [5.74, 6) is -0.382. The molecule has 26 heavy (non-hydrogen) atoms. The highest BCUT2D eigenvalue weighted by atomic mass is 32.1. The largest absolute Gasteiger partial charge is 0.355 e. The number of benzene rings is 1. The van der Waals surface area contributed by atoms with Crippen LogP contribution in [0, 0.1) is 0 Å². The summed E-state index contributed by atoms with van der Waals surface area (Å²) >= 11 is 1.66. The van der Waals surface area contributed by atoms with Crippen LogP contribution >= 0.6 is 11.3 Å². The molecule has 138 valence electrons. The van der Waals surface area contributed by atoms with Gasteiger partial charge in [-0.2, -0.15) is 0 Å². The van der Waals surface area contributed by atoms with Crippen molar-refractivity contribution in [3.05, 3.63) is 58.6 Å². The standard InChI is InChI=1S/C20H25N3O2S/c1-5-17(24)23-16-9-7-6-8-14(16)12-18(25)21-11-10-15-13-26-19(22-15)20(2,3)4/h5-9,13H,1,10-12H2,2-4H3,(H,21,25)(H,23,24). The molecule has 1 heterocycles. The minimum Gasteiger partial charge on any atom is -0.355 e. The van der Waals surface area contributed by atoms with Gasteiger partial charge in [0.1, 0.15) is 0 Å². The van der Waals surface area contributed by atoms with Gasteiger partial charge in [-0.15, -0.1) is 11.3 Å². The fraction of sp³-hybridized carbons (Fsp3) is 0.350. The second-order valence-corrected chi connectivity index (χ2v) is 7.88. The quantitative estimate of drug-likeness (QED) is 0.732. The molecule has 0 spiro atoms. The number of carbonyl (C=O) groups is 2. The molecule has 0 saturated carbocycles. The zero-order valence-corrected chi connectivity index (χ0v) is 16.3. The fourth-order valence-corrected chi connectivity index (χ4v) is 3.25. The first-order valence-corrected chi connectivity index (χ1v) is 9.40. The van der Waals surface area contributed by atoms with E-state index in [1.807, 2.05) is 23.6 Å². The van der Waals surface area contributed by atoms with Crippen LogP contribution in [0.5, 0.6) is 0 Å². The van der Waals surface area contributed by atoms with Gasteiger partial charge in [-0.1, -0.05) is 45.5 Å². The Balaban J connectivity index is 1.87. The molecule has 0 unspecified atom stereocenters. The maximum absolute atomic E-state index is 12.2. The van der Waals surface area contributed by atoms with Gasteiger partial charge in [0.05, 0.1) is 17.1 Å². The molecule has 2 N–H and O–H groups in total. The predicted molar refractivity (Wildman–Crippen MR) is 107 cm³/mol. The van der Waals surface area contributed by atoms with Crippen LogP contribution in [0.4, 0.5) is 5.69 Å². The van der Waals surface area contributed by atoms with Crippen molar-refractivity contribution in [3.63, 3.8) is 0 Å². The van der Waals surface area contributed by atoms with Gasteiger partial charge in [0.25, 0.3) is 0 Å². The number of anilines is 1. The van der Waals surface area contributed by atoms with Gasteiger partial charge in [0, 0.05) is 29.4 Å². The Kier molecular flexibility index (Phi) is 6.69. The Bertz CT molecular complexity index is 790. The first kappa shape index (κ1) is 19.8. The maximum Gasteiger partial charge on any atom is 0.247 e. The zero-order chi connectivity index (χ0) is 19.2. The van der Waals surface area contributed by atoms with Crippen molar-refractivity contribution in [2.24, 2.45) is 0 Å². The van der Waals surface area contributed by atoms with E-state index in [4.69, 9.17) is 0 Å². The van der Waals surface area contributed by atoms with E-state index in [1.165, 1.54) is 6.08 Å². The minimum atomic E-state index is -0.295. The summed E-state index contributed by atoms with van der Waals surface area (Å²) in [5.41, 5.74) is 2.44. The van der Waals surface area contributed by atoms with Crippen LogP contribution in [0.3, 0.4) is 0 Å². The highest BCUT2D eigenvalue weighted by molar-refractivity contribution is 7.09. The topological polar surface area (TPSA) is 71.1 Å². The number of amides is 2. The first-order valence-electron chi connectivity index (χ1n) is 8.52. The van der Waals surface area contributed by atoms with Gasteiger partial charge < -0.3 is 10.6 Å². The third-order valence-electron chi connectivity index (χ3n) is 3.71. The van der Waals surface area contributed by atoms with Crippen molar-refractivity contribution in [3.8, 4) is 0 Å². The van der Waals surface area contributed by atoms with Crippen molar-refractivity contribution < 1.29 is 9.59 Å². The van der Waals surface area contributed by atoms with Crippen molar-refractivity contribution in [1.82, 2.24) is 10.3 Å². The zero-order valence-electron chi connectivity index (χ0n) is 15.5. The van der Waals surface area contributed by atoms with E-state index in [-0.39, 0.29) is 23.7 Å². The van der Waals surface area contributed by atoms with Crippen LogP contribution in [0.25, 0.3) is 0 Å². The highest BCUT2D eigenvalue weighted by Crippen LogP contribution is 2.25. The van der Waals surface area contributed by atoms with E-state index < -0.39 is 0 Å². The predicted octanol–water partition coefficient (Wildman–Crippen LogP) is 3.47. The van der Waals surface area contributed by atoms with Crippen molar-refractivity contribution in [1.29, 1.82) is 0 Å². The summed E-state index contributed by atoms with van der Waals surface area (Å²) in [6.45, 7) is 10.4. The van der Waals surface area contributed by atoms with E-state index in [0.717, 1.165) is 16.3 Å². The molecule has 0 radical (unpaired) electrons. The Morgan fingerprint density at radius 3 is 2.65 bits per heavy atom. The molecule has 0 fully saturated rings. The Hall–Kier alpha value is -2.47. The lowest BCUT2D eigenvalue weighted by atomic mass is 9.98. The van der Waals surface area contributed by atoms with E-state index in [2.05, 4.69) is 43.0 Å². The number of rotatable bonds is 7. The number of para-hydroxylation sites is 1. The molecule has 5 nitrogen and oxygen atoms in total. The van der Waals surface area contributed by atoms with Crippen LogP contribution in [0.1, 0.15) is 37.0 Å². The Labute approximate surface area is 158 Å². The molecule has 1 aromatic heterocycles. The molecule has 0 bridgehead atoms. The monoisotopic (exact) mass is 371 g/mol.